The Balaban J connectivity index is 1.39. The van der Waals surface area contributed by atoms with E-state index in [-0.39, 0.29) is 37.0 Å². The smallest absolute Gasteiger partial charge is 0.323 e. The highest BCUT2D eigenvalue weighted by Crippen LogP contribution is 2.44. The summed E-state index contributed by atoms with van der Waals surface area (Å²) in [5, 5.41) is 10.0. The number of morpholine rings is 1. The molecule has 2 aliphatic heterocycles. The van der Waals surface area contributed by atoms with Crippen LogP contribution in [0.25, 0.3) is 11.4 Å². The van der Waals surface area contributed by atoms with Crippen molar-refractivity contribution in [2.24, 2.45) is 7.05 Å². The van der Waals surface area contributed by atoms with Gasteiger partial charge in [0.1, 0.15) is 10.6 Å². The number of nitrogens with one attached hydrogen (secondary N) is 2. The molecule has 12 nitrogen and oxygen atoms in total. The summed E-state index contributed by atoms with van der Waals surface area (Å²) in [5.74, 6) is 1.01. The van der Waals surface area contributed by atoms with Crippen LogP contribution in [0.2, 0.25) is 5.02 Å². The molecular weight excluding hydrogens is 618 g/mol. The Morgan fingerprint density at radius 1 is 0.978 bits per heavy atom. The highest BCUT2D eigenvalue weighted by Gasteiger charge is 2.49. The highest BCUT2D eigenvalue weighted by atomic mass is 35.5. The molecule has 2 aromatic carbocycles. The van der Waals surface area contributed by atoms with Crippen LogP contribution in [0.4, 0.5) is 22.0 Å². The number of halogens is 1. The van der Waals surface area contributed by atoms with E-state index >= 15 is 0 Å². The summed E-state index contributed by atoms with van der Waals surface area (Å²) in [6, 6.07) is 14.8. The zero-order valence-corrected chi connectivity index (χ0v) is 26.5. The predicted molar refractivity (Wildman–Crippen MR) is 171 cm³/mol. The van der Waals surface area contributed by atoms with Gasteiger partial charge in [0.05, 0.1) is 41.7 Å². The Labute approximate surface area is 266 Å². The summed E-state index contributed by atoms with van der Waals surface area (Å²) in [5.41, 5.74) is 2.21. The van der Waals surface area contributed by atoms with Crippen molar-refractivity contribution in [2.75, 3.05) is 48.5 Å². The largest absolute Gasteiger partial charge is 0.381 e. The Bertz CT molecular complexity index is 1770. The van der Waals surface area contributed by atoms with E-state index < -0.39 is 20.6 Å². The van der Waals surface area contributed by atoms with Crippen LogP contribution in [-0.2, 0) is 31.1 Å². The first kappa shape index (κ1) is 31.0. The standard InChI is InChI=1S/C31H34ClN7O5S/c1-21-20-44-16-13-39(21)28-17-27(31(11-14-43-15-12-31)45(41,42)26-9-5-23(32)6-10-26)36-29(37-28)22-3-7-24(8-4-22)34-30(40)35-25-18-33-38(2)19-25/h3-10,17-19,21H,11-16,20H2,1-2H3,(H2,34,35,40)/t21-/m0/s1. The quantitative estimate of drug-likeness (QED) is 0.286. The third-order valence-electron chi connectivity index (χ3n) is 8.14. The average Bonchev–Trinajstić information content (AvgIpc) is 3.45. The summed E-state index contributed by atoms with van der Waals surface area (Å²) in [7, 11) is -2.17. The fraction of sp³-hybridized carbons (Fsp3) is 0.355. The molecule has 14 heteroatoms. The molecule has 1 atom stereocenters. The zero-order chi connectivity index (χ0) is 31.6. The molecule has 236 valence electrons. The summed E-state index contributed by atoms with van der Waals surface area (Å²) >= 11 is 6.10. The number of amides is 2. The predicted octanol–water partition coefficient (Wildman–Crippen LogP) is 4.88. The van der Waals surface area contributed by atoms with Crippen molar-refractivity contribution >= 4 is 44.7 Å². The van der Waals surface area contributed by atoms with E-state index in [1.165, 1.54) is 12.1 Å². The van der Waals surface area contributed by atoms with Gasteiger partial charge >= 0.3 is 6.03 Å². The van der Waals surface area contributed by atoms with Crippen molar-refractivity contribution in [1.29, 1.82) is 0 Å². The van der Waals surface area contributed by atoms with Crippen molar-refractivity contribution in [3.63, 3.8) is 0 Å². The van der Waals surface area contributed by atoms with Gasteiger partial charge in [-0.25, -0.2) is 23.2 Å². The molecule has 0 aliphatic carbocycles. The fourth-order valence-corrected chi connectivity index (χ4v) is 7.85. The van der Waals surface area contributed by atoms with Gasteiger partial charge in [0.15, 0.2) is 15.7 Å². The van der Waals surface area contributed by atoms with Crippen LogP contribution in [0, 0.1) is 0 Å². The number of benzene rings is 2. The molecular formula is C31H34ClN7O5S. The number of anilines is 3. The molecule has 4 heterocycles. The van der Waals surface area contributed by atoms with Crippen LogP contribution in [0.5, 0.6) is 0 Å². The normalized spacial score (nSPS) is 18.4. The maximum absolute atomic E-state index is 14.5. The molecule has 2 N–H and O–H groups in total. The lowest BCUT2D eigenvalue weighted by Crippen LogP contribution is -2.45. The fourth-order valence-electron chi connectivity index (χ4n) is 5.70. The van der Waals surface area contributed by atoms with Crippen LogP contribution < -0.4 is 15.5 Å². The number of urea groups is 1. The van der Waals surface area contributed by atoms with Crippen LogP contribution in [0.1, 0.15) is 25.5 Å². The van der Waals surface area contributed by atoms with E-state index in [2.05, 4.69) is 20.6 Å². The number of carbonyl (C=O) groups is 1. The number of hydrogen-bond acceptors (Lipinski definition) is 9. The molecule has 0 bridgehead atoms. The number of nitrogens with zero attached hydrogens (tertiary/aromatic N) is 5. The average molecular weight is 652 g/mol. The van der Waals surface area contributed by atoms with E-state index in [9.17, 15) is 13.2 Å². The molecule has 2 aromatic heterocycles. The first-order chi connectivity index (χ1) is 21.6. The second kappa shape index (κ2) is 12.8. The van der Waals surface area contributed by atoms with E-state index in [0.29, 0.717) is 59.1 Å². The highest BCUT2D eigenvalue weighted by molar-refractivity contribution is 7.92. The Hall–Kier alpha value is -4.04. The van der Waals surface area contributed by atoms with E-state index in [0.717, 1.165) is 0 Å². The molecule has 0 saturated carbocycles. The third kappa shape index (κ3) is 6.39. The summed E-state index contributed by atoms with van der Waals surface area (Å²) in [6.45, 7) is 4.26. The molecule has 6 rings (SSSR count). The van der Waals surface area contributed by atoms with Gasteiger partial charge in [-0.2, -0.15) is 5.10 Å². The number of aromatic nitrogens is 4. The maximum Gasteiger partial charge on any atom is 0.323 e. The Morgan fingerprint density at radius 3 is 2.36 bits per heavy atom. The monoisotopic (exact) mass is 651 g/mol. The van der Waals surface area contributed by atoms with Crippen molar-refractivity contribution < 1.29 is 22.7 Å². The van der Waals surface area contributed by atoms with Gasteiger partial charge in [-0.1, -0.05) is 11.6 Å². The minimum atomic E-state index is -3.93. The number of sulfone groups is 1. The Morgan fingerprint density at radius 2 is 1.69 bits per heavy atom. The Kier molecular flexibility index (Phi) is 8.78. The second-order valence-corrected chi connectivity index (χ2v) is 13.9. The number of ether oxygens (including phenoxy) is 2. The third-order valence-corrected chi connectivity index (χ3v) is 10.9. The number of hydrogen-bond donors (Lipinski definition) is 2. The maximum atomic E-state index is 14.5. The lowest BCUT2D eigenvalue weighted by atomic mass is 9.94. The van der Waals surface area contributed by atoms with E-state index in [4.69, 9.17) is 31.0 Å². The van der Waals surface area contributed by atoms with Crippen molar-refractivity contribution in [1.82, 2.24) is 19.7 Å². The molecule has 0 unspecified atom stereocenters. The zero-order valence-electron chi connectivity index (χ0n) is 24.9. The molecule has 4 aromatic rings. The number of rotatable bonds is 7. The molecule has 2 aliphatic rings. The molecule has 2 amide bonds. The van der Waals surface area contributed by atoms with Crippen LogP contribution in [-0.4, -0.2) is 73.2 Å². The van der Waals surface area contributed by atoms with Gasteiger partial charge in [-0.05, 0) is 68.3 Å². The minimum Gasteiger partial charge on any atom is -0.381 e. The summed E-state index contributed by atoms with van der Waals surface area (Å²) < 4.78 is 40.5. The number of aryl methyl sites for hydroxylation is 1. The van der Waals surface area contributed by atoms with Gasteiger partial charge in [0.25, 0.3) is 0 Å². The lowest BCUT2D eigenvalue weighted by Gasteiger charge is -2.38. The summed E-state index contributed by atoms with van der Waals surface area (Å²) in [4.78, 5) is 24.7. The number of carbonyl (C=O) groups excluding carboxylic acids is 1. The van der Waals surface area contributed by atoms with Crippen LogP contribution in [0.3, 0.4) is 0 Å². The minimum absolute atomic E-state index is 0.0257. The van der Waals surface area contributed by atoms with E-state index in [1.807, 2.05) is 13.0 Å². The molecule has 2 saturated heterocycles. The topological polar surface area (TPSA) is 141 Å². The second-order valence-electron chi connectivity index (χ2n) is 11.2. The molecule has 0 radical (unpaired) electrons. The van der Waals surface area contributed by atoms with Gasteiger partial charge < -0.3 is 25.0 Å². The van der Waals surface area contributed by atoms with Gasteiger partial charge in [0, 0.05) is 55.3 Å². The van der Waals surface area contributed by atoms with Crippen molar-refractivity contribution in [3.8, 4) is 11.4 Å². The molecule has 0 spiro atoms. The van der Waals surface area contributed by atoms with Crippen molar-refractivity contribution in [2.45, 2.75) is 35.4 Å². The van der Waals surface area contributed by atoms with E-state index in [1.54, 1.807) is 60.5 Å². The van der Waals surface area contributed by atoms with Gasteiger partial charge in [-0.3, -0.25) is 4.68 Å². The molecule has 2 fully saturated rings. The summed E-state index contributed by atoms with van der Waals surface area (Å²) in [6.07, 6.45) is 3.72. The first-order valence-corrected chi connectivity index (χ1v) is 16.5. The van der Waals surface area contributed by atoms with Crippen molar-refractivity contribution in [3.05, 3.63) is 77.7 Å². The van der Waals surface area contributed by atoms with Gasteiger partial charge in [-0.15, -0.1) is 0 Å². The lowest BCUT2D eigenvalue weighted by molar-refractivity contribution is 0.0729. The first-order valence-electron chi connectivity index (χ1n) is 14.6. The molecule has 45 heavy (non-hydrogen) atoms. The SMILES string of the molecule is C[C@H]1COCCN1c1cc(C2(S(=O)(=O)c3ccc(Cl)cc3)CCOCC2)nc(-c2ccc(NC(=O)Nc3cnn(C)c3)cc2)n1. The van der Waals surface area contributed by atoms with Gasteiger partial charge in [0.2, 0.25) is 0 Å². The van der Waals surface area contributed by atoms with Crippen LogP contribution in [0.15, 0.2) is 71.9 Å². The van der Waals surface area contributed by atoms with Crippen LogP contribution >= 0.6 is 11.6 Å².